The predicted octanol–water partition coefficient (Wildman–Crippen LogP) is 1.26. The summed E-state index contributed by atoms with van der Waals surface area (Å²) in [4.78, 5) is 29.5. The van der Waals surface area contributed by atoms with E-state index >= 15 is 0 Å². The van der Waals surface area contributed by atoms with Crippen molar-refractivity contribution in [2.75, 3.05) is 32.2 Å². The molecule has 108 valence electrons. The SMILES string of the molecule is COC(=O)c1cccnc1N1CCC(C(=O)OC)CC1. The van der Waals surface area contributed by atoms with Gasteiger partial charge in [0.25, 0.3) is 0 Å². The van der Waals surface area contributed by atoms with Crippen LogP contribution in [0.15, 0.2) is 18.3 Å². The van der Waals surface area contributed by atoms with Crippen LogP contribution in [0.1, 0.15) is 23.2 Å². The van der Waals surface area contributed by atoms with E-state index in [1.165, 1.54) is 14.2 Å². The molecule has 1 aromatic rings. The minimum Gasteiger partial charge on any atom is -0.469 e. The molecule has 0 atom stereocenters. The summed E-state index contributed by atoms with van der Waals surface area (Å²) >= 11 is 0. The van der Waals surface area contributed by atoms with Gasteiger partial charge in [-0.05, 0) is 25.0 Å². The number of pyridine rings is 1. The van der Waals surface area contributed by atoms with Gasteiger partial charge in [0, 0.05) is 19.3 Å². The first-order chi connectivity index (χ1) is 9.67. The average molecular weight is 278 g/mol. The second-order valence-corrected chi connectivity index (χ2v) is 4.65. The monoisotopic (exact) mass is 278 g/mol. The average Bonchev–Trinajstić information content (AvgIpc) is 2.53. The number of anilines is 1. The van der Waals surface area contributed by atoms with Gasteiger partial charge in [0.1, 0.15) is 11.4 Å². The molecule has 0 radical (unpaired) electrons. The van der Waals surface area contributed by atoms with Crippen LogP contribution in [0.25, 0.3) is 0 Å². The number of hydrogen-bond donors (Lipinski definition) is 0. The van der Waals surface area contributed by atoms with E-state index in [4.69, 9.17) is 9.47 Å². The Morgan fingerprint density at radius 1 is 1.25 bits per heavy atom. The van der Waals surface area contributed by atoms with Crippen molar-refractivity contribution >= 4 is 17.8 Å². The molecular weight excluding hydrogens is 260 g/mol. The number of piperidine rings is 1. The first kappa shape index (κ1) is 14.3. The summed E-state index contributed by atoms with van der Waals surface area (Å²) in [7, 11) is 2.76. The third-order valence-electron chi connectivity index (χ3n) is 3.52. The van der Waals surface area contributed by atoms with E-state index in [0.717, 1.165) is 0 Å². The molecule has 0 aliphatic carbocycles. The Labute approximate surface area is 117 Å². The minimum absolute atomic E-state index is 0.0680. The van der Waals surface area contributed by atoms with Crippen molar-refractivity contribution in [2.45, 2.75) is 12.8 Å². The van der Waals surface area contributed by atoms with Crippen LogP contribution in [0.4, 0.5) is 5.82 Å². The molecule has 1 aliphatic heterocycles. The summed E-state index contributed by atoms with van der Waals surface area (Å²) in [5.74, 6) is -0.0220. The van der Waals surface area contributed by atoms with Crippen molar-refractivity contribution in [2.24, 2.45) is 5.92 Å². The normalized spacial score (nSPS) is 15.8. The Bertz CT molecular complexity index is 496. The number of carbonyl (C=O) groups is 2. The van der Waals surface area contributed by atoms with E-state index < -0.39 is 5.97 Å². The third-order valence-corrected chi connectivity index (χ3v) is 3.52. The van der Waals surface area contributed by atoms with Crippen LogP contribution in [0.5, 0.6) is 0 Å². The lowest BCUT2D eigenvalue weighted by Crippen LogP contribution is -2.38. The van der Waals surface area contributed by atoms with Crippen molar-refractivity contribution in [3.63, 3.8) is 0 Å². The summed E-state index contributed by atoms with van der Waals surface area (Å²) < 4.78 is 9.53. The molecule has 1 saturated heterocycles. The maximum atomic E-state index is 11.7. The lowest BCUT2D eigenvalue weighted by molar-refractivity contribution is -0.146. The lowest BCUT2D eigenvalue weighted by Gasteiger charge is -2.32. The van der Waals surface area contributed by atoms with Crippen LogP contribution in [-0.4, -0.2) is 44.2 Å². The van der Waals surface area contributed by atoms with Gasteiger partial charge >= 0.3 is 11.9 Å². The molecule has 1 fully saturated rings. The van der Waals surface area contributed by atoms with Crippen LogP contribution < -0.4 is 4.90 Å². The summed E-state index contributed by atoms with van der Waals surface area (Å²) in [6.07, 6.45) is 3.04. The number of nitrogens with zero attached hydrogens (tertiary/aromatic N) is 2. The fraction of sp³-hybridized carbons (Fsp3) is 0.500. The zero-order chi connectivity index (χ0) is 14.5. The zero-order valence-corrected chi connectivity index (χ0v) is 11.7. The molecule has 1 aromatic heterocycles. The van der Waals surface area contributed by atoms with E-state index in [9.17, 15) is 9.59 Å². The highest BCUT2D eigenvalue weighted by atomic mass is 16.5. The topological polar surface area (TPSA) is 68.7 Å². The molecule has 6 heteroatoms. The Morgan fingerprint density at radius 2 is 1.95 bits per heavy atom. The molecule has 1 aliphatic rings. The highest BCUT2D eigenvalue weighted by molar-refractivity contribution is 5.94. The smallest absolute Gasteiger partial charge is 0.341 e. The molecule has 0 unspecified atom stereocenters. The second kappa shape index (κ2) is 6.36. The van der Waals surface area contributed by atoms with Gasteiger partial charge in [0.2, 0.25) is 0 Å². The summed E-state index contributed by atoms with van der Waals surface area (Å²) in [6.45, 7) is 1.33. The molecule has 0 saturated carbocycles. The number of aromatic nitrogens is 1. The molecular formula is C14H18N2O4. The fourth-order valence-electron chi connectivity index (χ4n) is 2.41. The molecule has 0 bridgehead atoms. The van der Waals surface area contributed by atoms with Crippen molar-refractivity contribution in [1.82, 2.24) is 4.98 Å². The highest BCUT2D eigenvalue weighted by Gasteiger charge is 2.28. The second-order valence-electron chi connectivity index (χ2n) is 4.65. The largest absolute Gasteiger partial charge is 0.469 e. The first-order valence-corrected chi connectivity index (χ1v) is 6.53. The molecule has 0 spiro atoms. The Balaban J connectivity index is 2.11. The molecule has 0 amide bonds. The van der Waals surface area contributed by atoms with Gasteiger partial charge in [-0.1, -0.05) is 0 Å². The summed E-state index contributed by atoms with van der Waals surface area (Å²) in [5, 5.41) is 0. The van der Waals surface area contributed by atoms with Crippen molar-refractivity contribution < 1.29 is 19.1 Å². The van der Waals surface area contributed by atoms with Gasteiger partial charge in [-0.2, -0.15) is 0 Å². The van der Waals surface area contributed by atoms with E-state index in [1.54, 1.807) is 18.3 Å². The summed E-state index contributed by atoms with van der Waals surface area (Å²) in [5.41, 5.74) is 0.450. The molecule has 0 aromatic carbocycles. The van der Waals surface area contributed by atoms with Gasteiger partial charge in [0.05, 0.1) is 20.1 Å². The number of ether oxygens (including phenoxy) is 2. The van der Waals surface area contributed by atoms with E-state index in [2.05, 4.69) is 4.98 Å². The number of esters is 2. The highest BCUT2D eigenvalue weighted by Crippen LogP contribution is 2.25. The number of methoxy groups -OCH3 is 2. The molecule has 2 heterocycles. The zero-order valence-electron chi connectivity index (χ0n) is 11.7. The van der Waals surface area contributed by atoms with Gasteiger partial charge in [-0.25, -0.2) is 9.78 Å². The van der Waals surface area contributed by atoms with Gasteiger partial charge in [-0.3, -0.25) is 4.79 Å². The van der Waals surface area contributed by atoms with Crippen LogP contribution in [0, 0.1) is 5.92 Å². The van der Waals surface area contributed by atoms with E-state index in [1.807, 2.05) is 4.90 Å². The number of rotatable bonds is 3. The lowest BCUT2D eigenvalue weighted by atomic mass is 9.97. The van der Waals surface area contributed by atoms with Crippen LogP contribution in [0.3, 0.4) is 0 Å². The maximum Gasteiger partial charge on any atom is 0.341 e. The maximum absolute atomic E-state index is 11.7. The Morgan fingerprint density at radius 3 is 2.55 bits per heavy atom. The van der Waals surface area contributed by atoms with Crippen molar-refractivity contribution in [3.05, 3.63) is 23.9 Å². The van der Waals surface area contributed by atoms with Gasteiger partial charge in [0.15, 0.2) is 0 Å². The standard InChI is InChI=1S/C14H18N2O4/c1-19-13(17)10-5-8-16(9-6-10)12-11(14(18)20-2)4-3-7-15-12/h3-4,7,10H,5-6,8-9H2,1-2H3. The van der Waals surface area contributed by atoms with Crippen molar-refractivity contribution in [1.29, 1.82) is 0 Å². The Kier molecular flexibility index (Phi) is 4.55. The first-order valence-electron chi connectivity index (χ1n) is 6.53. The minimum atomic E-state index is -0.400. The Hall–Kier alpha value is -2.11. The summed E-state index contributed by atoms with van der Waals surface area (Å²) in [6, 6.07) is 3.40. The van der Waals surface area contributed by atoms with Crippen molar-refractivity contribution in [3.8, 4) is 0 Å². The van der Waals surface area contributed by atoms with Gasteiger partial charge < -0.3 is 14.4 Å². The van der Waals surface area contributed by atoms with Crippen LogP contribution >= 0.6 is 0 Å². The predicted molar refractivity (Wildman–Crippen MR) is 72.5 cm³/mol. The third kappa shape index (κ3) is 2.89. The number of hydrogen-bond acceptors (Lipinski definition) is 6. The number of carbonyl (C=O) groups excluding carboxylic acids is 2. The van der Waals surface area contributed by atoms with Crippen LogP contribution in [0.2, 0.25) is 0 Å². The molecule has 2 rings (SSSR count). The molecule has 6 nitrogen and oxygen atoms in total. The van der Waals surface area contributed by atoms with E-state index in [0.29, 0.717) is 37.3 Å². The van der Waals surface area contributed by atoms with Gasteiger partial charge in [-0.15, -0.1) is 0 Å². The molecule has 20 heavy (non-hydrogen) atoms. The molecule has 0 N–H and O–H groups in total. The quantitative estimate of drug-likeness (QED) is 0.775. The van der Waals surface area contributed by atoms with Crippen LogP contribution in [-0.2, 0) is 14.3 Å². The van der Waals surface area contributed by atoms with E-state index in [-0.39, 0.29) is 11.9 Å². The fourth-order valence-corrected chi connectivity index (χ4v) is 2.41.